The van der Waals surface area contributed by atoms with Crippen LogP contribution in [0, 0.1) is 0 Å². The van der Waals surface area contributed by atoms with Crippen molar-refractivity contribution in [1.29, 1.82) is 0 Å². The molecule has 2 heterocycles. The lowest BCUT2D eigenvalue weighted by atomic mass is 10.2. The number of nitrogens with one attached hydrogen (secondary N) is 1. The summed E-state index contributed by atoms with van der Waals surface area (Å²) in [6, 6.07) is 7.79. The normalized spacial score (nSPS) is 16.8. The highest BCUT2D eigenvalue weighted by Crippen LogP contribution is 2.37. The quantitative estimate of drug-likeness (QED) is 0.920. The first-order chi connectivity index (χ1) is 10.1. The summed E-state index contributed by atoms with van der Waals surface area (Å²) in [5.74, 6) is 0. The molecule has 0 amide bonds. The van der Waals surface area contributed by atoms with E-state index in [1.165, 1.54) is 0 Å². The predicted octanol–water partition coefficient (Wildman–Crippen LogP) is 2.80. The fraction of sp³-hybridized carbons (Fsp3) is 0.467. The molecule has 0 radical (unpaired) electrons. The lowest BCUT2D eigenvalue weighted by Gasteiger charge is -2.16. The van der Waals surface area contributed by atoms with E-state index in [0.717, 1.165) is 34.3 Å². The maximum Gasteiger partial charge on any atom is 0.244 e. The predicted molar refractivity (Wildman–Crippen MR) is 87.2 cm³/mol. The molecule has 21 heavy (non-hydrogen) atoms. The monoisotopic (exact) mass is 324 g/mol. The summed E-state index contributed by atoms with van der Waals surface area (Å²) in [7, 11) is -3.38. The summed E-state index contributed by atoms with van der Waals surface area (Å²) in [5.41, 5.74) is 0. The zero-order valence-electron chi connectivity index (χ0n) is 12.1. The van der Waals surface area contributed by atoms with Crippen molar-refractivity contribution in [2.75, 3.05) is 19.6 Å². The number of sulfonamides is 1. The van der Waals surface area contributed by atoms with E-state index in [0.29, 0.717) is 24.5 Å². The third-order valence-electron chi connectivity index (χ3n) is 3.82. The molecule has 1 aliphatic heterocycles. The van der Waals surface area contributed by atoms with E-state index in [2.05, 4.69) is 5.32 Å². The molecule has 6 heteroatoms. The third kappa shape index (κ3) is 2.73. The molecular formula is C15H20N2O2S2. The van der Waals surface area contributed by atoms with Gasteiger partial charge in [-0.1, -0.05) is 25.1 Å². The Balaban J connectivity index is 2.14. The smallest absolute Gasteiger partial charge is 0.244 e. The number of thiophene rings is 1. The van der Waals surface area contributed by atoms with Crippen molar-refractivity contribution in [1.82, 2.24) is 9.62 Å². The second-order valence-electron chi connectivity index (χ2n) is 5.24. The van der Waals surface area contributed by atoms with Gasteiger partial charge in [-0.15, -0.1) is 11.3 Å². The molecule has 0 saturated carbocycles. The lowest BCUT2D eigenvalue weighted by molar-refractivity contribution is 0.477. The van der Waals surface area contributed by atoms with Gasteiger partial charge in [-0.2, -0.15) is 4.31 Å². The van der Waals surface area contributed by atoms with E-state index in [1.54, 1.807) is 15.6 Å². The maximum atomic E-state index is 13.0. The van der Waals surface area contributed by atoms with E-state index >= 15 is 0 Å². The van der Waals surface area contributed by atoms with E-state index in [1.807, 2.05) is 31.2 Å². The van der Waals surface area contributed by atoms with Crippen molar-refractivity contribution in [2.45, 2.75) is 31.2 Å². The van der Waals surface area contributed by atoms with Crippen molar-refractivity contribution in [2.24, 2.45) is 0 Å². The molecule has 1 aromatic carbocycles. The molecule has 1 aromatic heterocycles. The molecule has 0 spiro atoms. The number of rotatable bonds is 5. The zero-order chi connectivity index (χ0) is 14.9. The fourth-order valence-corrected chi connectivity index (χ4v) is 6.16. The fourth-order valence-electron chi connectivity index (χ4n) is 2.77. The highest BCUT2D eigenvalue weighted by atomic mass is 32.2. The SMILES string of the molecule is CCNCc1sc2ccccc2c1S(=O)(=O)N1CCCC1. The third-order valence-corrected chi connectivity index (χ3v) is 7.14. The number of hydrogen-bond donors (Lipinski definition) is 1. The summed E-state index contributed by atoms with van der Waals surface area (Å²) < 4.78 is 28.7. The van der Waals surface area contributed by atoms with Crippen molar-refractivity contribution < 1.29 is 8.42 Å². The van der Waals surface area contributed by atoms with Crippen LogP contribution in [-0.2, 0) is 16.6 Å². The van der Waals surface area contributed by atoms with Crippen LogP contribution in [-0.4, -0.2) is 32.4 Å². The Morgan fingerprint density at radius 2 is 1.95 bits per heavy atom. The maximum absolute atomic E-state index is 13.0. The van der Waals surface area contributed by atoms with Gasteiger partial charge in [-0.05, 0) is 25.5 Å². The van der Waals surface area contributed by atoms with Crippen molar-refractivity contribution in [3.63, 3.8) is 0 Å². The molecule has 0 aliphatic carbocycles. The van der Waals surface area contributed by atoms with Crippen LogP contribution in [0.5, 0.6) is 0 Å². The molecule has 0 atom stereocenters. The van der Waals surface area contributed by atoms with Gasteiger partial charge in [0.05, 0.1) is 0 Å². The van der Waals surface area contributed by atoms with Crippen LogP contribution in [0.25, 0.3) is 10.1 Å². The van der Waals surface area contributed by atoms with Crippen LogP contribution in [0.4, 0.5) is 0 Å². The van der Waals surface area contributed by atoms with Crippen molar-refractivity contribution in [3.8, 4) is 0 Å². The van der Waals surface area contributed by atoms with Crippen LogP contribution in [0.2, 0.25) is 0 Å². The van der Waals surface area contributed by atoms with Crippen LogP contribution in [0.15, 0.2) is 29.2 Å². The van der Waals surface area contributed by atoms with Crippen LogP contribution >= 0.6 is 11.3 Å². The Bertz CT molecular complexity index is 731. The Morgan fingerprint density at radius 1 is 1.24 bits per heavy atom. The number of benzene rings is 1. The first kappa shape index (κ1) is 15.0. The highest BCUT2D eigenvalue weighted by Gasteiger charge is 2.32. The average Bonchev–Trinajstić information content (AvgIpc) is 3.12. The molecule has 114 valence electrons. The number of nitrogens with zero attached hydrogens (tertiary/aromatic N) is 1. The molecule has 2 aromatic rings. The molecule has 0 unspecified atom stereocenters. The van der Waals surface area contributed by atoms with Gasteiger partial charge in [-0.25, -0.2) is 8.42 Å². The molecule has 0 bridgehead atoms. The zero-order valence-corrected chi connectivity index (χ0v) is 13.8. The van der Waals surface area contributed by atoms with Crippen LogP contribution < -0.4 is 5.32 Å². The van der Waals surface area contributed by atoms with Gasteiger partial charge in [-0.3, -0.25) is 0 Å². The van der Waals surface area contributed by atoms with E-state index in [9.17, 15) is 8.42 Å². The molecule has 3 rings (SSSR count). The topological polar surface area (TPSA) is 49.4 Å². The van der Waals surface area contributed by atoms with Crippen LogP contribution in [0.3, 0.4) is 0 Å². The van der Waals surface area contributed by atoms with E-state index in [-0.39, 0.29) is 0 Å². The minimum absolute atomic E-state index is 0.519. The second kappa shape index (κ2) is 6.04. The number of hydrogen-bond acceptors (Lipinski definition) is 4. The second-order valence-corrected chi connectivity index (χ2v) is 8.25. The summed E-state index contributed by atoms with van der Waals surface area (Å²) in [4.78, 5) is 1.44. The Labute approximate surface area is 129 Å². The Hall–Kier alpha value is -0.950. The van der Waals surface area contributed by atoms with Crippen LogP contribution in [0.1, 0.15) is 24.6 Å². The minimum atomic E-state index is -3.38. The standard InChI is InChI=1S/C15H20N2O2S2/c1-2-16-11-14-15(12-7-3-4-8-13(12)20-14)21(18,19)17-9-5-6-10-17/h3-4,7-8,16H,2,5-6,9-11H2,1H3. The van der Waals surface area contributed by atoms with Gasteiger partial charge in [0.15, 0.2) is 0 Å². The van der Waals surface area contributed by atoms with E-state index < -0.39 is 10.0 Å². The first-order valence-corrected chi connectivity index (χ1v) is 9.61. The Morgan fingerprint density at radius 3 is 2.67 bits per heavy atom. The average molecular weight is 324 g/mol. The molecule has 1 fully saturated rings. The largest absolute Gasteiger partial charge is 0.312 e. The van der Waals surface area contributed by atoms with Gasteiger partial charge in [0.2, 0.25) is 10.0 Å². The summed E-state index contributed by atoms with van der Waals surface area (Å²) >= 11 is 1.58. The summed E-state index contributed by atoms with van der Waals surface area (Å²) in [6.07, 6.45) is 1.92. The highest BCUT2D eigenvalue weighted by molar-refractivity contribution is 7.89. The Kier molecular flexibility index (Phi) is 4.31. The molecule has 1 N–H and O–H groups in total. The summed E-state index contributed by atoms with van der Waals surface area (Å²) in [6.45, 7) is 4.76. The van der Waals surface area contributed by atoms with Gasteiger partial charge in [0.25, 0.3) is 0 Å². The first-order valence-electron chi connectivity index (χ1n) is 7.36. The minimum Gasteiger partial charge on any atom is -0.312 e. The molecule has 1 saturated heterocycles. The van der Waals surface area contributed by atoms with Gasteiger partial charge in [0, 0.05) is 34.6 Å². The molecular weight excluding hydrogens is 304 g/mol. The molecule has 4 nitrogen and oxygen atoms in total. The summed E-state index contributed by atoms with van der Waals surface area (Å²) in [5, 5.41) is 4.12. The lowest BCUT2D eigenvalue weighted by Crippen LogP contribution is -2.28. The van der Waals surface area contributed by atoms with E-state index in [4.69, 9.17) is 0 Å². The van der Waals surface area contributed by atoms with Crippen molar-refractivity contribution >= 4 is 31.4 Å². The molecule has 1 aliphatic rings. The number of fused-ring (bicyclic) bond motifs is 1. The van der Waals surface area contributed by atoms with Gasteiger partial charge >= 0.3 is 0 Å². The van der Waals surface area contributed by atoms with Gasteiger partial charge in [0.1, 0.15) is 4.90 Å². The van der Waals surface area contributed by atoms with Crippen molar-refractivity contribution in [3.05, 3.63) is 29.1 Å². The van der Waals surface area contributed by atoms with Gasteiger partial charge < -0.3 is 5.32 Å².